The fraction of sp³-hybridized carbons (Fsp3) is 0.231. The molecule has 1 aromatic carbocycles. The van der Waals surface area contributed by atoms with Gasteiger partial charge in [0, 0.05) is 5.02 Å². The maximum absolute atomic E-state index is 11.7. The van der Waals surface area contributed by atoms with Crippen molar-refractivity contribution in [1.29, 1.82) is 0 Å². The van der Waals surface area contributed by atoms with Gasteiger partial charge in [0.2, 0.25) is 0 Å². The molecular formula is C13H14ClN3O2. The van der Waals surface area contributed by atoms with E-state index in [9.17, 15) is 4.79 Å². The van der Waals surface area contributed by atoms with E-state index in [4.69, 9.17) is 22.1 Å². The van der Waals surface area contributed by atoms with Crippen LogP contribution in [0.3, 0.4) is 0 Å². The average Bonchev–Trinajstić information content (AvgIpc) is 2.75. The Hall–Kier alpha value is -2.01. The normalized spacial score (nSPS) is 10.5. The first kappa shape index (κ1) is 13.4. The molecule has 0 amide bonds. The van der Waals surface area contributed by atoms with E-state index in [1.54, 1.807) is 19.1 Å². The largest absolute Gasteiger partial charge is 0.462 e. The van der Waals surface area contributed by atoms with Gasteiger partial charge in [-0.25, -0.2) is 9.48 Å². The van der Waals surface area contributed by atoms with E-state index in [2.05, 4.69) is 5.10 Å². The van der Waals surface area contributed by atoms with Gasteiger partial charge in [0.15, 0.2) is 0 Å². The lowest BCUT2D eigenvalue weighted by Gasteiger charge is -2.09. The van der Waals surface area contributed by atoms with E-state index in [0.29, 0.717) is 11.6 Å². The molecular weight excluding hydrogens is 266 g/mol. The summed E-state index contributed by atoms with van der Waals surface area (Å²) in [6, 6.07) is 5.42. The number of rotatable bonds is 3. The van der Waals surface area contributed by atoms with Crippen LogP contribution in [0.15, 0.2) is 24.4 Å². The third kappa shape index (κ3) is 2.42. The van der Waals surface area contributed by atoms with Crippen molar-refractivity contribution in [1.82, 2.24) is 9.78 Å². The second kappa shape index (κ2) is 5.32. The van der Waals surface area contributed by atoms with E-state index in [1.165, 1.54) is 10.9 Å². The fourth-order valence-electron chi connectivity index (χ4n) is 1.74. The van der Waals surface area contributed by atoms with Crippen molar-refractivity contribution in [2.45, 2.75) is 13.8 Å². The van der Waals surface area contributed by atoms with Crippen LogP contribution in [0.2, 0.25) is 5.02 Å². The number of halogens is 1. The van der Waals surface area contributed by atoms with Crippen LogP contribution in [0.5, 0.6) is 0 Å². The number of nitrogens with two attached hydrogens (primary N) is 1. The van der Waals surface area contributed by atoms with Crippen LogP contribution >= 0.6 is 11.6 Å². The van der Waals surface area contributed by atoms with Gasteiger partial charge in [0.1, 0.15) is 11.4 Å². The summed E-state index contributed by atoms with van der Waals surface area (Å²) in [7, 11) is 0. The van der Waals surface area contributed by atoms with Crippen LogP contribution < -0.4 is 5.73 Å². The molecule has 0 spiro atoms. The van der Waals surface area contributed by atoms with Crippen molar-refractivity contribution in [3.63, 3.8) is 0 Å². The van der Waals surface area contributed by atoms with E-state index in [0.717, 1.165) is 11.3 Å². The number of hydrogen-bond acceptors (Lipinski definition) is 4. The molecule has 2 aromatic rings. The molecule has 0 unspecified atom stereocenters. The molecule has 0 atom stereocenters. The minimum absolute atomic E-state index is 0.240. The summed E-state index contributed by atoms with van der Waals surface area (Å²) in [4.78, 5) is 11.7. The molecule has 0 radical (unpaired) electrons. The first-order valence-corrected chi connectivity index (χ1v) is 6.20. The molecule has 2 rings (SSSR count). The number of nitrogen functional groups attached to an aromatic ring is 1. The van der Waals surface area contributed by atoms with Crippen LogP contribution in [0.25, 0.3) is 5.69 Å². The molecule has 0 aliphatic heterocycles. The van der Waals surface area contributed by atoms with E-state index in [1.807, 2.05) is 13.0 Å². The zero-order valence-electron chi connectivity index (χ0n) is 10.7. The maximum Gasteiger partial charge on any atom is 0.343 e. The lowest BCUT2D eigenvalue weighted by molar-refractivity contribution is 0.0527. The number of carbonyl (C=O) groups excluding carboxylic acids is 1. The zero-order valence-corrected chi connectivity index (χ0v) is 11.4. The summed E-state index contributed by atoms with van der Waals surface area (Å²) in [5.41, 5.74) is 7.77. The van der Waals surface area contributed by atoms with Gasteiger partial charge in [-0.15, -0.1) is 0 Å². The Labute approximate surface area is 115 Å². The number of carbonyl (C=O) groups is 1. The first-order valence-electron chi connectivity index (χ1n) is 5.82. The number of esters is 1. The molecule has 0 aliphatic rings. The van der Waals surface area contributed by atoms with Gasteiger partial charge >= 0.3 is 5.97 Å². The van der Waals surface area contributed by atoms with Gasteiger partial charge in [-0.3, -0.25) is 0 Å². The number of ether oxygens (including phenoxy) is 1. The number of nitrogens with zero attached hydrogens (tertiary/aromatic N) is 2. The fourth-order valence-corrected chi connectivity index (χ4v) is 1.91. The topological polar surface area (TPSA) is 70.1 Å². The zero-order chi connectivity index (χ0) is 14.0. The highest BCUT2D eigenvalue weighted by Gasteiger charge is 2.18. The predicted octanol–water partition coefficient (Wildman–Crippen LogP) is 2.59. The van der Waals surface area contributed by atoms with Crippen molar-refractivity contribution >= 4 is 23.4 Å². The van der Waals surface area contributed by atoms with Crippen LogP contribution in [0.4, 0.5) is 5.82 Å². The Morgan fingerprint density at radius 1 is 1.53 bits per heavy atom. The number of hydrogen-bond donors (Lipinski definition) is 1. The highest BCUT2D eigenvalue weighted by molar-refractivity contribution is 6.31. The number of benzene rings is 1. The Morgan fingerprint density at radius 3 is 2.95 bits per heavy atom. The number of aromatic nitrogens is 2. The molecule has 19 heavy (non-hydrogen) atoms. The second-order valence-electron chi connectivity index (χ2n) is 3.96. The molecule has 1 aromatic heterocycles. The molecule has 0 fully saturated rings. The molecule has 0 saturated heterocycles. The average molecular weight is 280 g/mol. The van der Waals surface area contributed by atoms with E-state index in [-0.39, 0.29) is 11.4 Å². The Kier molecular flexibility index (Phi) is 3.76. The van der Waals surface area contributed by atoms with E-state index >= 15 is 0 Å². The molecule has 0 saturated carbocycles. The quantitative estimate of drug-likeness (QED) is 0.877. The van der Waals surface area contributed by atoms with Crippen molar-refractivity contribution < 1.29 is 9.53 Å². The summed E-state index contributed by atoms with van der Waals surface area (Å²) in [5, 5.41) is 4.74. The monoisotopic (exact) mass is 279 g/mol. The van der Waals surface area contributed by atoms with Crippen molar-refractivity contribution in [3.05, 3.63) is 40.5 Å². The third-order valence-electron chi connectivity index (χ3n) is 2.77. The Balaban J connectivity index is 2.48. The summed E-state index contributed by atoms with van der Waals surface area (Å²) < 4.78 is 6.39. The summed E-state index contributed by atoms with van der Waals surface area (Å²) in [6.45, 7) is 3.89. The summed E-state index contributed by atoms with van der Waals surface area (Å²) in [5.74, 6) is -0.241. The predicted molar refractivity (Wildman–Crippen MR) is 73.7 cm³/mol. The van der Waals surface area contributed by atoms with Gasteiger partial charge in [-0.2, -0.15) is 5.10 Å². The van der Waals surface area contributed by atoms with Gasteiger partial charge in [-0.1, -0.05) is 17.7 Å². The van der Waals surface area contributed by atoms with Gasteiger partial charge < -0.3 is 10.5 Å². The van der Waals surface area contributed by atoms with Crippen molar-refractivity contribution in [3.8, 4) is 5.69 Å². The Morgan fingerprint density at radius 2 is 2.26 bits per heavy atom. The molecule has 0 bridgehead atoms. The summed E-state index contributed by atoms with van der Waals surface area (Å²) >= 11 is 6.06. The van der Waals surface area contributed by atoms with Crippen molar-refractivity contribution in [2.75, 3.05) is 12.3 Å². The van der Waals surface area contributed by atoms with Crippen LogP contribution in [-0.4, -0.2) is 22.4 Å². The molecule has 2 N–H and O–H groups in total. The minimum Gasteiger partial charge on any atom is -0.462 e. The highest BCUT2D eigenvalue weighted by atomic mass is 35.5. The van der Waals surface area contributed by atoms with Crippen LogP contribution in [0.1, 0.15) is 22.8 Å². The second-order valence-corrected chi connectivity index (χ2v) is 4.37. The lowest BCUT2D eigenvalue weighted by Crippen LogP contribution is -2.09. The van der Waals surface area contributed by atoms with Gasteiger partial charge in [0.05, 0.1) is 18.5 Å². The molecule has 0 aliphatic carbocycles. The standard InChI is InChI=1S/C13H14ClN3O2/c1-3-19-13(18)9-7-16-17(12(9)15)11-6-4-5-10(14)8(11)2/h4-7H,3,15H2,1-2H3. The first-order chi connectivity index (χ1) is 9.06. The minimum atomic E-state index is -0.481. The molecule has 6 heteroatoms. The summed E-state index contributed by atoms with van der Waals surface area (Å²) in [6.07, 6.45) is 1.40. The van der Waals surface area contributed by atoms with E-state index < -0.39 is 5.97 Å². The number of anilines is 1. The SMILES string of the molecule is CCOC(=O)c1cnn(-c2cccc(Cl)c2C)c1N. The molecule has 5 nitrogen and oxygen atoms in total. The van der Waals surface area contributed by atoms with Gasteiger partial charge in [0.25, 0.3) is 0 Å². The third-order valence-corrected chi connectivity index (χ3v) is 3.18. The van der Waals surface area contributed by atoms with Gasteiger partial charge in [-0.05, 0) is 31.5 Å². The molecule has 100 valence electrons. The van der Waals surface area contributed by atoms with Crippen molar-refractivity contribution in [2.24, 2.45) is 0 Å². The Bertz CT molecular complexity index is 622. The lowest BCUT2D eigenvalue weighted by atomic mass is 10.2. The van der Waals surface area contributed by atoms with Crippen LogP contribution in [0, 0.1) is 6.92 Å². The molecule has 1 heterocycles. The maximum atomic E-state index is 11.7. The van der Waals surface area contributed by atoms with Crippen LogP contribution in [-0.2, 0) is 4.74 Å². The highest BCUT2D eigenvalue weighted by Crippen LogP contribution is 2.25. The smallest absolute Gasteiger partial charge is 0.343 e.